The van der Waals surface area contributed by atoms with Crippen LogP contribution in [0.5, 0.6) is 5.75 Å². The molecule has 10 heteroatoms. The zero-order valence-electron chi connectivity index (χ0n) is 17.7. The summed E-state index contributed by atoms with van der Waals surface area (Å²) in [6.07, 6.45) is 0.684. The Kier molecular flexibility index (Phi) is 6.88. The Morgan fingerprint density at radius 1 is 1.07 bits per heavy atom. The zero-order chi connectivity index (χ0) is 21.7. The summed E-state index contributed by atoms with van der Waals surface area (Å²) in [6.45, 7) is 4.70. The van der Waals surface area contributed by atoms with E-state index in [0.717, 1.165) is 48.7 Å². The van der Waals surface area contributed by atoms with Crippen molar-refractivity contribution in [3.8, 4) is 5.75 Å². The fourth-order valence-corrected chi connectivity index (χ4v) is 3.71. The quantitative estimate of drug-likeness (QED) is 0.464. The SMILES string of the molecule is COc1ccccc1N1CCN(CCCN(N=O)c2cc(=O)n(C)c(=O)n2C)CC1. The van der Waals surface area contributed by atoms with Crippen molar-refractivity contribution >= 4 is 11.5 Å². The van der Waals surface area contributed by atoms with E-state index in [0.29, 0.717) is 13.0 Å². The number of aromatic nitrogens is 2. The van der Waals surface area contributed by atoms with Gasteiger partial charge in [0.25, 0.3) is 5.56 Å². The third kappa shape index (κ3) is 4.54. The van der Waals surface area contributed by atoms with E-state index in [-0.39, 0.29) is 5.82 Å². The Morgan fingerprint density at radius 2 is 1.77 bits per heavy atom. The molecule has 1 aromatic carbocycles. The fraction of sp³-hybridized carbons (Fsp3) is 0.500. The minimum absolute atomic E-state index is 0.207. The molecule has 1 aliphatic rings. The van der Waals surface area contributed by atoms with Gasteiger partial charge in [0.2, 0.25) is 0 Å². The van der Waals surface area contributed by atoms with Crippen LogP contribution in [0.25, 0.3) is 0 Å². The number of ether oxygens (including phenoxy) is 1. The maximum absolute atomic E-state index is 12.1. The number of piperazine rings is 1. The van der Waals surface area contributed by atoms with E-state index < -0.39 is 11.2 Å². The molecular formula is C20H28N6O4. The van der Waals surface area contributed by atoms with Crippen LogP contribution in [-0.4, -0.2) is 60.4 Å². The van der Waals surface area contributed by atoms with Gasteiger partial charge in [0, 0.05) is 59.4 Å². The Morgan fingerprint density at radius 3 is 2.43 bits per heavy atom. The summed E-state index contributed by atoms with van der Waals surface area (Å²) in [6, 6.07) is 9.26. The molecule has 10 nitrogen and oxygen atoms in total. The van der Waals surface area contributed by atoms with Crippen LogP contribution in [0.3, 0.4) is 0 Å². The van der Waals surface area contributed by atoms with Crippen molar-refractivity contribution in [1.82, 2.24) is 14.0 Å². The van der Waals surface area contributed by atoms with Crippen LogP contribution in [0.2, 0.25) is 0 Å². The number of anilines is 2. The predicted octanol–water partition coefficient (Wildman–Crippen LogP) is 0.793. The highest BCUT2D eigenvalue weighted by molar-refractivity contribution is 5.58. The molecule has 1 aromatic heterocycles. The minimum atomic E-state index is -0.487. The molecule has 0 atom stereocenters. The van der Waals surface area contributed by atoms with Crippen molar-refractivity contribution in [2.45, 2.75) is 6.42 Å². The molecule has 0 amide bonds. The molecule has 0 bridgehead atoms. The zero-order valence-corrected chi connectivity index (χ0v) is 17.7. The molecule has 1 aliphatic heterocycles. The Hall–Kier alpha value is -3.14. The lowest BCUT2D eigenvalue weighted by Gasteiger charge is -2.36. The van der Waals surface area contributed by atoms with Gasteiger partial charge in [-0.25, -0.2) is 9.80 Å². The van der Waals surface area contributed by atoms with Gasteiger partial charge >= 0.3 is 5.69 Å². The van der Waals surface area contributed by atoms with E-state index in [9.17, 15) is 14.5 Å². The lowest BCUT2D eigenvalue weighted by Crippen LogP contribution is -2.47. The first-order valence-corrected chi connectivity index (χ1v) is 9.94. The van der Waals surface area contributed by atoms with Gasteiger partial charge in [-0.05, 0) is 18.6 Å². The van der Waals surface area contributed by atoms with Gasteiger partial charge in [-0.3, -0.25) is 18.8 Å². The number of hydrogen-bond acceptors (Lipinski definition) is 7. The van der Waals surface area contributed by atoms with Crippen molar-refractivity contribution in [3.05, 3.63) is 56.1 Å². The largest absolute Gasteiger partial charge is 0.495 e. The normalized spacial score (nSPS) is 14.6. The maximum Gasteiger partial charge on any atom is 0.332 e. The van der Waals surface area contributed by atoms with Crippen LogP contribution in [-0.2, 0) is 14.1 Å². The average molecular weight is 416 g/mol. The maximum atomic E-state index is 12.1. The average Bonchev–Trinajstić information content (AvgIpc) is 2.78. The molecule has 1 fully saturated rings. The standard InChI is InChI=1S/C20H28N6O4/c1-22-18(15-19(27)23(2)20(22)28)26(21-29)10-6-9-24-11-13-25(14-12-24)16-7-4-5-8-17(16)30-3/h4-5,7-8,15H,6,9-14H2,1-3H3. The minimum Gasteiger partial charge on any atom is -0.495 e. The molecule has 0 radical (unpaired) electrons. The van der Waals surface area contributed by atoms with E-state index >= 15 is 0 Å². The van der Waals surface area contributed by atoms with Crippen molar-refractivity contribution in [1.29, 1.82) is 0 Å². The molecule has 30 heavy (non-hydrogen) atoms. The number of rotatable bonds is 8. The summed E-state index contributed by atoms with van der Waals surface area (Å²) in [4.78, 5) is 40.0. The third-order valence-electron chi connectivity index (χ3n) is 5.51. The molecule has 0 spiro atoms. The van der Waals surface area contributed by atoms with Gasteiger partial charge in [-0.1, -0.05) is 12.1 Å². The first-order valence-electron chi connectivity index (χ1n) is 9.94. The molecule has 2 heterocycles. The number of nitrogens with zero attached hydrogens (tertiary/aromatic N) is 6. The van der Waals surface area contributed by atoms with Gasteiger partial charge in [0.05, 0.1) is 18.1 Å². The smallest absolute Gasteiger partial charge is 0.332 e. The summed E-state index contributed by atoms with van der Waals surface area (Å²) < 4.78 is 7.71. The van der Waals surface area contributed by atoms with Gasteiger partial charge in [-0.2, -0.15) is 0 Å². The van der Waals surface area contributed by atoms with Gasteiger partial charge in [0.15, 0.2) is 0 Å². The Labute approximate surface area is 174 Å². The Balaban J connectivity index is 1.54. The topological polar surface area (TPSA) is 92.4 Å². The molecule has 2 aromatic rings. The van der Waals surface area contributed by atoms with E-state index in [4.69, 9.17) is 4.74 Å². The lowest BCUT2D eigenvalue weighted by molar-refractivity contribution is 0.255. The number of benzene rings is 1. The first-order chi connectivity index (χ1) is 14.5. The number of methoxy groups -OCH3 is 1. The van der Waals surface area contributed by atoms with Crippen LogP contribution >= 0.6 is 0 Å². The third-order valence-corrected chi connectivity index (χ3v) is 5.51. The molecule has 0 unspecified atom stereocenters. The van der Waals surface area contributed by atoms with Crippen LogP contribution in [0.1, 0.15) is 6.42 Å². The molecular weight excluding hydrogens is 388 g/mol. The summed E-state index contributed by atoms with van der Waals surface area (Å²) in [5.74, 6) is 1.08. The molecule has 0 saturated carbocycles. The van der Waals surface area contributed by atoms with Crippen LogP contribution < -0.4 is 25.9 Å². The highest BCUT2D eigenvalue weighted by Gasteiger charge is 2.20. The van der Waals surface area contributed by atoms with Crippen molar-refractivity contribution in [2.75, 3.05) is 56.3 Å². The van der Waals surface area contributed by atoms with Gasteiger partial charge < -0.3 is 9.64 Å². The number of hydrogen-bond donors (Lipinski definition) is 0. The van der Waals surface area contributed by atoms with Gasteiger partial charge in [0.1, 0.15) is 11.6 Å². The van der Waals surface area contributed by atoms with Crippen molar-refractivity contribution < 1.29 is 4.74 Å². The fourth-order valence-electron chi connectivity index (χ4n) is 3.71. The summed E-state index contributed by atoms with van der Waals surface area (Å²) >= 11 is 0. The van der Waals surface area contributed by atoms with E-state index in [2.05, 4.69) is 21.2 Å². The highest BCUT2D eigenvalue weighted by atomic mass is 16.5. The monoisotopic (exact) mass is 416 g/mol. The van der Waals surface area contributed by atoms with E-state index in [1.165, 1.54) is 29.7 Å². The summed E-state index contributed by atoms with van der Waals surface area (Å²) in [7, 11) is 4.60. The molecule has 1 saturated heterocycles. The van der Waals surface area contributed by atoms with Crippen molar-refractivity contribution in [3.63, 3.8) is 0 Å². The Bertz CT molecular complexity index is 994. The van der Waals surface area contributed by atoms with Crippen LogP contribution in [0, 0.1) is 4.91 Å². The number of nitroso groups, excluding NO2 is 1. The van der Waals surface area contributed by atoms with Gasteiger partial charge in [-0.15, -0.1) is 4.91 Å². The highest BCUT2D eigenvalue weighted by Crippen LogP contribution is 2.28. The van der Waals surface area contributed by atoms with E-state index in [1.807, 2.05) is 18.2 Å². The van der Waals surface area contributed by atoms with Crippen LogP contribution in [0.4, 0.5) is 11.5 Å². The molecule has 0 N–H and O–H groups in total. The number of para-hydroxylation sites is 2. The second-order valence-electron chi connectivity index (χ2n) is 7.30. The molecule has 3 rings (SSSR count). The summed E-state index contributed by atoms with van der Waals surface area (Å²) in [5.41, 5.74) is 0.148. The molecule has 162 valence electrons. The lowest BCUT2D eigenvalue weighted by atomic mass is 10.2. The molecule has 0 aliphatic carbocycles. The second kappa shape index (κ2) is 9.57. The van der Waals surface area contributed by atoms with E-state index in [1.54, 1.807) is 7.11 Å². The summed E-state index contributed by atoms with van der Waals surface area (Å²) in [5, 5.41) is 4.19. The van der Waals surface area contributed by atoms with Crippen molar-refractivity contribution in [2.24, 2.45) is 19.4 Å². The first kappa shape index (κ1) is 21.6. The predicted molar refractivity (Wildman–Crippen MR) is 116 cm³/mol. The second-order valence-corrected chi connectivity index (χ2v) is 7.30. The van der Waals surface area contributed by atoms with Crippen LogP contribution in [0.15, 0.2) is 45.2 Å².